The van der Waals surface area contributed by atoms with Crippen molar-refractivity contribution in [3.63, 3.8) is 0 Å². The lowest BCUT2D eigenvalue weighted by Crippen LogP contribution is -2.35. The Bertz CT molecular complexity index is 378. The second kappa shape index (κ2) is 7.27. The fourth-order valence-electron chi connectivity index (χ4n) is 1.67. The number of amides is 1. The second-order valence-corrected chi connectivity index (χ2v) is 4.56. The van der Waals surface area contributed by atoms with E-state index in [1.54, 1.807) is 7.11 Å². The topological polar surface area (TPSA) is 29.5 Å². The van der Waals surface area contributed by atoms with Gasteiger partial charge in [-0.15, -0.1) is 11.6 Å². The van der Waals surface area contributed by atoms with Gasteiger partial charge in [0, 0.05) is 24.9 Å². The number of ether oxygens (including phenoxy) is 1. The number of hydrogen-bond acceptors (Lipinski definition) is 2. The van der Waals surface area contributed by atoms with E-state index in [0.29, 0.717) is 19.0 Å². The van der Waals surface area contributed by atoms with Crippen LogP contribution in [0.2, 0.25) is 0 Å². The Hall–Kier alpha value is -1.22. The van der Waals surface area contributed by atoms with Gasteiger partial charge in [-0.1, -0.05) is 19.1 Å². The summed E-state index contributed by atoms with van der Waals surface area (Å²) in [7, 11) is 1.64. The van der Waals surface area contributed by atoms with Crippen LogP contribution >= 0.6 is 11.6 Å². The Balaban J connectivity index is 2.70. The third-order valence-electron chi connectivity index (χ3n) is 2.88. The number of carbonyl (C=O) groups excluding carboxylic acids is 1. The van der Waals surface area contributed by atoms with Gasteiger partial charge in [0.15, 0.2) is 0 Å². The minimum absolute atomic E-state index is 0.100. The van der Waals surface area contributed by atoms with Gasteiger partial charge in [-0.3, -0.25) is 4.79 Å². The summed E-state index contributed by atoms with van der Waals surface area (Å²) in [5.74, 6) is 1.15. The minimum Gasteiger partial charge on any atom is -0.497 e. The molecule has 1 rings (SSSR count). The molecular weight excluding hydrogens is 250 g/mol. The van der Waals surface area contributed by atoms with Crippen molar-refractivity contribution in [3.8, 4) is 5.75 Å². The first-order valence-electron chi connectivity index (χ1n) is 6.10. The van der Waals surface area contributed by atoms with Crippen LogP contribution in [0, 0.1) is 5.92 Å². The summed E-state index contributed by atoms with van der Waals surface area (Å²) in [5.41, 5.74) is 1.09. The molecular formula is C14H20ClNO2. The van der Waals surface area contributed by atoms with Crippen LogP contribution in [0.15, 0.2) is 24.3 Å². The lowest BCUT2D eigenvalue weighted by molar-refractivity contribution is -0.134. The number of nitrogens with zero attached hydrogens (tertiary/aromatic N) is 1. The zero-order valence-electron chi connectivity index (χ0n) is 11.1. The lowest BCUT2D eigenvalue weighted by atomic mass is 10.1. The lowest BCUT2D eigenvalue weighted by Gasteiger charge is -2.23. The minimum atomic E-state index is -0.134. The van der Waals surface area contributed by atoms with Crippen LogP contribution in [0.25, 0.3) is 0 Å². The van der Waals surface area contributed by atoms with E-state index < -0.39 is 0 Å². The number of benzene rings is 1. The number of methoxy groups -OCH3 is 1. The van der Waals surface area contributed by atoms with Gasteiger partial charge in [-0.05, 0) is 24.6 Å². The molecule has 1 aromatic rings. The van der Waals surface area contributed by atoms with E-state index in [-0.39, 0.29) is 11.8 Å². The van der Waals surface area contributed by atoms with Gasteiger partial charge in [0.2, 0.25) is 5.91 Å². The van der Waals surface area contributed by atoms with Crippen LogP contribution in [0.1, 0.15) is 19.4 Å². The molecule has 0 heterocycles. The van der Waals surface area contributed by atoms with E-state index >= 15 is 0 Å². The summed E-state index contributed by atoms with van der Waals surface area (Å²) < 4.78 is 5.11. The molecule has 0 bridgehead atoms. The van der Waals surface area contributed by atoms with Gasteiger partial charge in [-0.25, -0.2) is 0 Å². The monoisotopic (exact) mass is 269 g/mol. The van der Waals surface area contributed by atoms with Gasteiger partial charge in [0.05, 0.1) is 7.11 Å². The third kappa shape index (κ3) is 3.91. The molecule has 0 aliphatic rings. The molecule has 100 valence electrons. The molecule has 0 saturated carbocycles. The van der Waals surface area contributed by atoms with Gasteiger partial charge >= 0.3 is 0 Å². The maximum Gasteiger partial charge on any atom is 0.226 e. The number of rotatable bonds is 6. The molecule has 1 unspecified atom stereocenters. The molecule has 3 nitrogen and oxygen atoms in total. The van der Waals surface area contributed by atoms with E-state index in [1.165, 1.54) is 0 Å². The average Bonchev–Trinajstić information content (AvgIpc) is 2.43. The van der Waals surface area contributed by atoms with Crippen LogP contribution in [0.4, 0.5) is 0 Å². The molecule has 1 aromatic carbocycles. The number of carbonyl (C=O) groups is 1. The molecule has 0 radical (unpaired) electrons. The normalized spacial score (nSPS) is 12.0. The SMILES string of the molecule is CCN(Cc1ccc(OC)cc1)C(=O)C(C)CCl. The summed E-state index contributed by atoms with van der Waals surface area (Å²) in [6, 6.07) is 7.75. The van der Waals surface area contributed by atoms with Crippen LogP contribution in [-0.2, 0) is 11.3 Å². The van der Waals surface area contributed by atoms with Crippen molar-refractivity contribution in [1.82, 2.24) is 4.90 Å². The summed E-state index contributed by atoms with van der Waals surface area (Å²) in [5, 5.41) is 0. The van der Waals surface area contributed by atoms with Crippen LogP contribution in [0.5, 0.6) is 5.75 Å². The Morgan fingerprint density at radius 1 is 1.39 bits per heavy atom. The molecule has 1 amide bonds. The molecule has 18 heavy (non-hydrogen) atoms. The van der Waals surface area contributed by atoms with Gasteiger partial charge in [0.1, 0.15) is 5.75 Å². The fraction of sp³-hybridized carbons (Fsp3) is 0.500. The van der Waals surface area contributed by atoms with Crippen molar-refractivity contribution in [2.75, 3.05) is 19.5 Å². The predicted molar refractivity (Wildman–Crippen MR) is 74.0 cm³/mol. The van der Waals surface area contributed by atoms with Crippen molar-refractivity contribution < 1.29 is 9.53 Å². The predicted octanol–water partition coefficient (Wildman–Crippen LogP) is 2.92. The van der Waals surface area contributed by atoms with Gasteiger partial charge in [-0.2, -0.15) is 0 Å². The van der Waals surface area contributed by atoms with Crippen LogP contribution in [0.3, 0.4) is 0 Å². The number of hydrogen-bond donors (Lipinski definition) is 0. The first-order chi connectivity index (χ1) is 8.62. The Morgan fingerprint density at radius 2 is 2.00 bits per heavy atom. The van der Waals surface area contributed by atoms with Crippen LogP contribution in [-0.4, -0.2) is 30.3 Å². The first kappa shape index (κ1) is 14.8. The molecule has 4 heteroatoms. The van der Waals surface area contributed by atoms with Crippen molar-refractivity contribution in [3.05, 3.63) is 29.8 Å². The number of alkyl halides is 1. The smallest absolute Gasteiger partial charge is 0.226 e. The second-order valence-electron chi connectivity index (χ2n) is 4.26. The van der Waals surface area contributed by atoms with E-state index in [0.717, 1.165) is 11.3 Å². The fourth-order valence-corrected chi connectivity index (χ4v) is 1.81. The molecule has 0 saturated heterocycles. The molecule has 0 aromatic heterocycles. The first-order valence-corrected chi connectivity index (χ1v) is 6.63. The van der Waals surface area contributed by atoms with Crippen molar-refractivity contribution in [1.29, 1.82) is 0 Å². The zero-order chi connectivity index (χ0) is 13.5. The van der Waals surface area contributed by atoms with Crippen LogP contribution < -0.4 is 4.74 Å². The molecule has 0 N–H and O–H groups in total. The highest BCUT2D eigenvalue weighted by atomic mass is 35.5. The Labute approximate surface area is 114 Å². The van der Waals surface area contributed by atoms with Gasteiger partial charge in [0.25, 0.3) is 0 Å². The summed E-state index contributed by atoms with van der Waals surface area (Å²) in [4.78, 5) is 13.9. The van der Waals surface area contributed by atoms with E-state index in [1.807, 2.05) is 43.0 Å². The third-order valence-corrected chi connectivity index (χ3v) is 3.34. The molecule has 0 aliphatic heterocycles. The molecule has 1 atom stereocenters. The van der Waals surface area contributed by atoms with Crippen molar-refractivity contribution in [2.45, 2.75) is 20.4 Å². The molecule has 0 aliphatic carbocycles. The summed E-state index contributed by atoms with van der Waals surface area (Å²) in [6.07, 6.45) is 0. The zero-order valence-corrected chi connectivity index (χ0v) is 11.9. The highest BCUT2D eigenvalue weighted by Crippen LogP contribution is 2.14. The van der Waals surface area contributed by atoms with Gasteiger partial charge < -0.3 is 9.64 Å². The van der Waals surface area contributed by atoms with E-state index in [2.05, 4.69) is 0 Å². The Kier molecular flexibility index (Phi) is 5.99. The maximum atomic E-state index is 12.0. The number of halogens is 1. The average molecular weight is 270 g/mol. The maximum absolute atomic E-state index is 12.0. The highest BCUT2D eigenvalue weighted by molar-refractivity contribution is 6.19. The van der Waals surface area contributed by atoms with Crippen molar-refractivity contribution in [2.24, 2.45) is 5.92 Å². The molecule has 0 fully saturated rings. The largest absolute Gasteiger partial charge is 0.497 e. The molecule has 0 spiro atoms. The van der Waals surface area contributed by atoms with E-state index in [9.17, 15) is 4.79 Å². The quantitative estimate of drug-likeness (QED) is 0.743. The summed E-state index contributed by atoms with van der Waals surface area (Å²) >= 11 is 5.73. The van der Waals surface area contributed by atoms with Crippen molar-refractivity contribution >= 4 is 17.5 Å². The summed E-state index contributed by atoms with van der Waals surface area (Å²) in [6.45, 7) is 5.13. The highest BCUT2D eigenvalue weighted by Gasteiger charge is 2.18. The standard InChI is InChI=1S/C14H20ClNO2/c1-4-16(14(17)11(2)9-15)10-12-5-7-13(18-3)8-6-12/h5-8,11H,4,9-10H2,1-3H3. The van der Waals surface area contributed by atoms with E-state index in [4.69, 9.17) is 16.3 Å². The Morgan fingerprint density at radius 3 is 2.44 bits per heavy atom.